The summed E-state index contributed by atoms with van der Waals surface area (Å²) in [6, 6.07) is 4.87. The highest BCUT2D eigenvalue weighted by atomic mass is 127. The third-order valence-electron chi connectivity index (χ3n) is 2.56. The van der Waals surface area contributed by atoms with Gasteiger partial charge in [-0.1, -0.05) is 6.08 Å². The topological polar surface area (TPSA) is 60.8 Å². The van der Waals surface area contributed by atoms with Crippen LogP contribution >= 0.6 is 22.6 Å². The van der Waals surface area contributed by atoms with Crippen molar-refractivity contribution in [3.05, 3.63) is 40.0 Å². The van der Waals surface area contributed by atoms with E-state index in [1.807, 2.05) is 0 Å². The van der Waals surface area contributed by atoms with Crippen molar-refractivity contribution in [2.45, 2.75) is 19.4 Å². The van der Waals surface area contributed by atoms with Crippen LogP contribution < -0.4 is 0 Å². The van der Waals surface area contributed by atoms with Crippen LogP contribution in [0.15, 0.2) is 30.9 Å². The number of carbonyl (C=O) groups is 1. The lowest BCUT2D eigenvalue weighted by molar-refractivity contribution is 0.0649. The minimum atomic E-state index is -0.612. The molecule has 2 N–H and O–H groups in total. The SMILES string of the molecule is C=CCCN(CC(C)O)C(=O)c1cc(I)ccc1O. The Morgan fingerprint density at radius 2 is 2.26 bits per heavy atom. The number of halogens is 1. The van der Waals surface area contributed by atoms with Crippen LogP contribution in [0, 0.1) is 3.57 Å². The molecule has 1 rings (SSSR count). The van der Waals surface area contributed by atoms with Gasteiger partial charge in [-0.2, -0.15) is 0 Å². The van der Waals surface area contributed by atoms with E-state index in [1.54, 1.807) is 25.1 Å². The molecule has 0 aromatic heterocycles. The van der Waals surface area contributed by atoms with Crippen LogP contribution in [-0.2, 0) is 0 Å². The fourth-order valence-electron chi connectivity index (χ4n) is 1.69. The number of amides is 1. The van der Waals surface area contributed by atoms with Gasteiger partial charge >= 0.3 is 0 Å². The molecule has 0 aliphatic rings. The highest BCUT2D eigenvalue weighted by Gasteiger charge is 2.20. The van der Waals surface area contributed by atoms with Crippen LogP contribution in [-0.4, -0.2) is 40.2 Å². The third-order valence-corrected chi connectivity index (χ3v) is 3.23. The molecule has 19 heavy (non-hydrogen) atoms. The smallest absolute Gasteiger partial charge is 0.257 e. The number of benzene rings is 1. The van der Waals surface area contributed by atoms with E-state index in [-0.39, 0.29) is 23.8 Å². The molecule has 0 radical (unpaired) electrons. The normalized spacial score (nSPS) is 11.9. The van der Waals surface area contributed by atoms with Gasteiger partial charge in [0.15, 0.2) is 0 Å². The van der Waals surface area contributed by atoms with Crippen molar-refractivity contribution >= 4 is 28.5 Å². The standard InChI is InChI=1S/C14H18INO3/c1-3-4-7-16(9-10(2)17)14(19)12-8-11(15)5-6-13(12)18/h3,5-6,8,10,17-18H,1,4,7,9H2,2H3. The zero-order chi connectivity index (χ0) is 14.4. The Kier molecular flexibility index (Phi) is 6.30. The van der Waals surface area contributed by atoms with Crippen molar-refractivity contribution in [2.24, 2.45) is 0 Å². The van der Waals surface area contributed by atoms with Gasteiger partial charge in [0.2, 0.25) is 0 Å². The molecule has 1 amide bonds. The van der Waals surface area contributed by atoms with E-state index in [1.165, 1.54) is 11.0 Å². The quantitative estimate of drug-likeness (QED) is 0.593. The average molecular weight is 375 g/mol. The number of phenolic OH excluding ortho intramolecular Hbond substituents is 1. The summed E-state index contributed by atoms with van der Waals surface area (Å²) in [6.45, 7) is 5.96. The Morgan fingerprint density at radius 1 is 1.58 bits per heavy atom. The molecule has 0 aliphatic carbocycles. The van der Waals surface area contributed by atoms with E-state index in [0.717, 1.165) is 3.57 Å². The van der Waals surface area contributed by atoms with Crippen molar-refractivity contribution in [1.82, 2.24) is 4.90 Å². The minimum absolute atomic E-state index is 0.0420. The maximum Gasteiger partial charge on any atom is 0.257 e. The van der Waals surface area contributed by atoms with Crippen molar-refractivity contribution in [2.75, 3.05) is 13.1 Å². The molecule has 1 unspecified atom stereocenters. The molecule has 0 saturated carbocycles. The summed E-state index contributed by atoms with van der Waals surface area (Å²) in [5.41, 5.74) is 0.261. The van der Waals surface area contributed by atoms with Crippen molar-refractivity contribution in [3.8, 4) is 5.75 Å². The van der Waals surface area contributed by atoms with E-state index < -0.39 is 6.10 Å². The molecule has 0 bridgehead atoms. The molecular formula is C14H18INO3. The summed E-state index contributed by atoms with van der Waals surface area (Å²) in [5.74, 6) is -0.321. The van der Waals surface area contributed by atoms with Gasteiger partial charge in [0.1, 0.15) is 5.75 Å². The average Bonchev–Trinajstić information content (AvgIpc) is 2.36. The van der Waals surface area contributed by atoms with Crippen LogP contribution in [0.5, 0.6) is 5.75 Å². The number of hydrogen-bond donors (Lipinski definition) is 2. The van der Waals surface area contributed by atoms with Gasteiger partial charge in [-0.3, -0.25) is 4.79 Å². The summed E-state index contributed by atoms with van der Waals surface area (Å²) in [5, 5.41) is 19.2. The number of aliphatic hydroxyl groups excluding tert-OH is 1. The molecule has 5 heteroatoms. The molecule has 1 aromatic carbocycles. The number of carbonyl (C=O) groups excluding carboxylic acids is 1. The number of nitrogens with zero attached hydrogens (tertiary/aromatic N) is 1. The molecule has 0 spiro atoms. The fourth-order valence-corrected chi connectivity index (χ4v) is 2.18. The highest BCUT2D eigenvalue weighted by Crippen LogP contribution is 2.21. The van der Waals surface area contributed by atoms with Crippen molar-refractivity contribution in [1.29, 1.82) is 0 Å². The maximum atomic E-state index is 12.4. The van der Waals surface area contributed by atoms with Crippen LogP contribution in [0.4, 0.5) is 0 Å². The van der Waals surface area contributed by atoms with Crippen molar-refractivity contribution < 1.29 is 15.0 Å². The Labute approximate surface area is 126 Å². The van der Waals surface area contributed by atoms with E-state index in [4.69, 9.17) is 0 Å². The summed E-state index contributed by atoms with van der Waals surface area (Å²) in [4.78, 5) is 13.9. The first-order chi connectivity index (χ1) is 8.95. The molecule has 0 aliphatic heterocycles. The van der Waals surface area contributed by atoms with Gasteiger partial charge in [0.05, 0.1) is 11.7 Å². The van der Waals surface area contributed by atoms with E-state index in [9.17, 15) is 15.0 Å². The number of phenols is 1. The lowest BCUT2D eigenvalue weighted by Crippen LogP contribution is -2.37. The van der Waals surface area contributed by atoms with Gasteiger partial charge in [0.25, 0.3) is 5.91 Å². The first kappa shape index (κ1) is 16.0. The number of aromatic hydroxyl groups is 1. The summed E-state index contributed by atoms with van der Waals surface area (Å²) in [6.07, 6.45) is 1.75. The third kappa shape index (κ3) is 4.83. The summed E-state index contributed by atoms with van der Waals surface area (Å²) in [7, 11) is 0. The molecule has 0 fully saturated rings. The van der Waals surface area contributed by atoms with Crippen LogP contribution in [0.2, 0.25) is 0 Å². The lowest BCUT2D eigenvalue weighted by atomic mass is 10.1. The first-order valence-corrected chi connectivity index (χ1v) is 7.10. The van der Waals surface area contributed by atoms with Crippen LogP contribution in [0.25, 0.3) is 0 Å². The van der Waals surface area contributed by atoms with Crippen LogP contribution in [0.1, 0.15) is 23.7 Å². The van der Waals surface area contributed by atoms with Crippen LogP contribution in [0.3, 0.4) is 0 Å². The number of aliphatic hydroxyl groups is 1. The fraction of sp³-hybridized carbons (Fsp3) is 0.357. The largest absolute Gasteiger partial charge is 0.507 e. The maximum absolute atomic E-state index is 12.4. The molecular weight excluding hydrogens is 357 g/mol. The molecule has 1 atom stereocenters. The van der Waals surface area contributed by atoms with E-state index in [2.05, 4.69) is 29.2 Å². The van der Waals surface area contributed by atoms with E-state index in [0.29, 0.717) is 13.0 Å². The van der Waals surface area contributed by atoms with Gasteiger partial charge < -0.3 is 15.1 Å². The van der Waals surface area contributed by atoms with Gasteiger partial charge in [-0.15, -0.1) is 6.58 Å². The minimum Gasteiger partial charge on any atom is -0.507 e. The zero-order valence-electron chi connectivity index (χ0n) is 10.8. The van der Waals surface area contributed by atoms with Crippen molar-refractivity contribution in [3.63, 3.8) is 0 Å². The predicted octanol–water partition coefficient (Wildman–Crippen LogP) is 2.40. The molecule has 104 valence electrons. The molecule has 4 nitrogen and oxygen atoms in total. The summed E-state index contributed by atoms with van der Waals surface area (Å²) >= 11 is 2.09. The van der Waals surface area contributed by atoms with Gasteiger partial charge in [-0.25, -0.2) is 0 Å². The van der Waals surface area contributed by atoms with Gasteiger partial charge in [0, 0.05) is 16.7 Å². The lowest BCUT2D eigenvalue weighted by Gasteiger charge is -2.24. The van der Waals surface area contributed by atoms with Gasteiger partial charge in [-0.05, 0) is 54.1 Å². The number of hydrogen-bond acceptors (Lipinski definition) is 3. The molecule has 1 aromatic rings. The Balaban J connectivity index is 2.96. The Morgan fingerprint density at radius 3 is 2.84 bits per heavy atom. The Bertz CT molecular complexity index is 460. The molecule has 0 saturated heterocycles. The highest BCUT2D eigenvalue weighted by molar-refractivity contribution is 14.1. The Hall–Kier alpha value is -1.08. The predicted molar refractivity (Wildman–Crippen MR) is 83.2 cm³/mol. The zero-order valence-corrected chi connectivity index (χ0v) is 13.0. The first-order valence-electron chi connectivity index (χ1n) is 6.02. The summed E-state index contributed by atoms with van der Waals surface area (Å²) < 4.78 is 0.875. The second kappa shape index (κ2) is 7.49. The molecule has 0 heterocycles. The van der Waals surface area contributed by atoms with E-state index >= 15 is 0 Å². The number of rotatable bonds is 6. The monoisotopic (exact) mass is 375 g/mol. The second-order valence-electron chi connectivity index (χ2n) is 4.34. The second-order valence-corrected chi connectivity index (χ2v) is 5.58.